The maximum absolute atomic E-state index is 12.5. The predicted molar refractivity (Wildman–Crippen MR) is 119 cm³/mol. The van der Waals surface area contributed by atoms with Crippen LogP contribution in [0.15, 0.2) is 35.7 Å². The molecule has 3 heterocycles. The lowest BCUT2D eigenvalue weighted by Gasteiger charge is -2.37. The number of aromatic nitrogens is 1. The van der Waals surface area contributed by atoms with Gasteiger partial charge in [-0.3, -0.25) is 9.69 Å². The maximum Gasteiger partial charge on any atom is 0.260 e. The number of hydrogen-bond acceptors (Lipinski definition) is 7. The number of carbonyl (C=O) groups excluding carboxylic acids is 1. The Hall–Kier alpha value is -2.00. The molecule has 2 saturated heterocycles. The fourth-order valence-electron chi connectivity index (χ4n) is 4.39. The van der Waals surface area contributed by atoms with E-state index in [1.807, 2.05) is 35.7 Å². The Kier molecular flexibility index (Phi) is 7.22. The fourth-order valence-corrected chi connectivity index (χ4v) is 5.30. The Labute approximate surface area is 187 Å². The van der Waals surface area contributed by atoms with Crippen molar-refractivity contribution in [3.8, 4) is 5.75 Å². The van der Waals surface area contributed by atoms with E-state index in [9.17, 15) is 9.90 Å². The van der Waals surface area contributed by atoms with Gasteiger partial charge in [0.15, 0.2) is 6.61 Å². The molecular weight excluding hydrogens is 414 g/mol. The van der Waals surface area contributed by atoms with Gasteiger partial charge >= 0.3 is 0 Å². The van der Waals surface area contributed by atoms with Crippen molar-refractivity contribution in [3.05, 3.63) is 46.4 Å². The van der Waals surface area contributed by atoms with Crippen molar-refractivity contribution in [1.82, 2.24) is 14.8 Å². The van der Waals surface area contributed by atoms with Crippen LogP contribution in [0.3, 0.4) is 0 Å². The molecule has 1 aromatic heterocycles. The first-order chi connectivity index (χ1) is 15.1. The highest BCUT2D eigenvalue weighted by Crippen LogP contribution is 2.34. The van der Waals surface area contributed by atoms with Crippen LogP contribution in [0.4, 0.5) is 0 Å². The molecule has 1 N–H and O–H groups in total. The molecule has 2 aliphatic rings. The van der Waals surface area contributed by atoms with Gasteiger partial charge in [-0.2, -0.15) is 0 Å². The Morgan fingerprint density at radius 2 is 2.03 bits per heavy atom. The Morgan fingerprint density at radius 1 is 1.26 bits per heavy atom. The third-order valence-electron chi connectivity index (χ3n) is 6.27. The van der Waals surface area contributed by atoms with Crippen molar-refractivity contribution >= 4 is 17.2 Å². The normalized spacial score (nSPS) is 21.4. The molecule has 0 spiro atoms. The zero-order chi connectivity index (χ0) is 21.7. The summed E-state index contributed by atoms with van der Waals surface area (Å²) in [5, 5.41) is 14.2. The summed E-state index contributed by atoms with van der Waals surface area (Å²) in [5.74, 6) is 0.633. The second kappa shape index (κ2) is 10.1. The van der Waals surface area contributed by atoms with Crippen molar-refractivity contribution in [1.29, 1.82) is 0 Å². The van der Waals surface area contributed by atoms with E-state index in [0.717, 1.165) is 36.8 Å². The maximum atomic E-state index is 12.5. The topological polar surface area (TPSA) is 75.1 Å². The molecule has 0 saturated carbocycles. The summed E-state index contributed by atoms with van der Waals surface area (Å²) in [7, 11) is 1.75. The van der Waals surface area contributed by atoms with Crippen molar-refractivity contribution < 1.29 is 19.4 Å². The summed E-state index contributed by atoms with van der Waals surface area (Å²) in [6, 6.07) is 9.79. The van der Waals surface area contributed by atoms with E-state index >= 15 is 0 Å². The molecule has 8 heteroatoms. The van der Waals surface area contributed by atoms with Gasteiger partial charge in [-0.15, -0.1) is 11.3 Å². The van der Waals surface area contributed by atoms with Crippen LogP contribution in [0, 0.1) is 0 Å². The summed E-state index contributed by atoms with van der Waals surface area (Å²) in [5.41, 5.74) is -0.231. The molecule has 0 bridgehead atoms. The number of likely N-dealkylation sites (tertiary alicyclic amines) is 2. The summed E-state index contributed by atoms with van der Waals surface area (Å²) >= 11 is 1.61. The average Bonchev–Trinajstić information content (AvgIpc) is 3.44. The second-order valence-electron chi connectivity index (χ2n) is 8.36. The highest BCUT2D eigenvalue weighted by Gasteiger charge is 2.37. The van der Waals surface area contributed by atoms with Crippen LogP contribution < -0.4 is 4.74 Å². The van der Waals surface area contributed by atoms with Crippen molar-refractivity contribution in [2.24, 2.45) is 0 Å². The number of aliphatic hydroxyl groups is 1. The first kappa shape index (κ1) is 22.2. The van der Waals surface area contributed by atoms with E-state index in [1.54, 1.807) is 23.3 Å². The molecule has 31 heavy (non-hydrogen) atoms. The molecule has 0 radical (unpaired) electrons. The Morgan fingerprint density at radius 3 is 2.77 bits per heavy atom. The third-order valence-corrected chi connectivity index (χ3v) is 7.11. The predicted octanol–water partition coefficient (Wildman–Crippen LogP) is 2.64. The molecular formula is C23H31N3O4S. The van der Waals surface area contributed by atoms with Crippen molar-refractivity contribution in [2.75, 3.05) is 40.0 Å². The number of para-hydroxylation sites is 1. The molecule has 4 rings (SSSR count). The number of piperidine rings is 1. The van der Waals surface area contributed by atoms with Gasteiger partial charge < -0.3 is 19.5 Å². The van der Waals surface area contributed by atoms with E-state index in [0.29, 0.717) is 37.7 Å². The first-order valence-electron chi connectivity index (χ1n) is 10.9. The van der Waals surface area contributed by atoms with Gasteiger partial charge in [-0.25, -0.2) is 4.98 Å². The van der Waals surface area contributed by atoms with Gasteiger partial charge in [0.05, 0.1) is 18.8 Å². The number of nitrogens with zero attached hydrogens (tertiary/aromatic N) is 3. The van der Waals surface area contributed by atoms with Gasteiger partial charge in [0.25, 0.3) is 5.91 Å². The molecule has 1 unspecified atom stereocenters. The lowest BCUT2D eigenvalue weighted by atomic mass is 9.89. The largest absolute Gasteiger partial charge is 0.484 e. The number of carbonyl (C=O) groups is 1. The molecule has 0 aliphatic carbocycles. The zero-order valence-corrected chi connectivity index (χ0v) is 18.9. The van der Waals surface area contributed by atoms with Crippen LogP contribution in [0.5, 0.6) is 5.75 Å². The number of amides is 1. The lowest BCUT2D eigenvalue weighted by Crippen LogP contribution is -2.46. The molecule has 2 fully saturated rings. The quantitative estimate of drug-likeness (QED) is 0.673. The summed E-state index contributed by atoms with van der Waals surface area (Å²) in [6.45, 7) is 3.64. The number of methoxy groups -OCH3 is 1. The average molecular weight is 446 g/mol. The monoisotopic (exact) mass is 445 g/mol. The summed E-state index contributed by atoms with van der Waals surface area (Å²) < 4.78 is 10.9. The highest BCUT2D eigenvalue weighted by molar-refractivity contribution is 7.09. The number of thiazole rings is 1. The van der Waals surface area contributed by atoms with Crippen LogP contribution in [0.25, 0.3) is 0 Å². The molecule has 7 nitrogen and oxygen atoms in total. The minimum absolute atomic E-state index is 0.0156. The number of benzene rings is 1. The smallest absolute Gasteiger partial charge is 0.260 e. The van der Waals surface area contributed by atoms with Crippen molar-refractivity contribution in [3.63, 3.8) is 0 Å². The molecule has 2 aliphatic heterocycles. The van der Waals surface area contributed by atoms with E-state index in [-0.39, 0.29) is 12.5 Å². The van der Waals surface area contributed by atoms with Gasteiger partial charge in [-0.05, 0) is 44.4 Å². The summed E-state index contributed by atoms with van der Waals surface area (Å²) in [4.78, 5) is 21.4. The van der Waals surface area contributed by atoms with Crippen LogP contribution in [-0.2, 0) is 21.7 Å². The Balaban J connectivity index is 1.29. The minimum atomic E-state index is -0.969. The van der Waals surface area contributed by atoms with Gasteiger partial charge in [0.1, 0.15) is 16.4 Å². The van der Waals surface area contributed by atoms with Crippen LogP contribution >= 0.6 is 11.3 Å². The molecule has 2 aromatic rings. The molecule has 1 atom stereocenters. The first-order valence-corrected chi connectivity index (χ1v) is 11.8. The number of rotatable bonds is 8. The fraction of sp³-hybridized carbons (Fsp3) is 0.565. The van der Waals surface area contributed by atoms with E-state index in [2.05, 4.69) is 4.90 Å². The van der Waals surface area contributed by atoms with Gasteiger partial charge in [0, 0.05) is 31.6 Å². The standard InChI is InChI=1S/C23H31N3O4S/c1-29-15-18-6-5-11-26(18)14-21-24-20(17-31-21)23(28)9-12-25(13-10-23)22(27)16-30-19-7-3-2-4-8-19/h2-4,7-8,17-18,28H,5-6,9-16H2,1H3. The Bertz CT molecular complexity index is 852. The number of hydrogen-bond donors (Lipinski definition) is 1. The van der Waals surface area contributed by atoms with Gasteiger partial charge in [-0.1, -0.05) is 18.2 Å². The summed E-state index contributed by atoms with van der Waals surface area (Å²) in [6.07, 6.45) is 3.33. The second-order valence-corrected chi connectivity index (χ2v) is 9.31. The van der Waals surface area contributed by atoms with Crippen molar-refractivity contribution in [2.45, 2.75) is 43.9 Å². The SMILES string of the molecule is COCC1CCCN1Cc1nc(C2(O)CCN(C(=O)COc3ccccc3)CC2)cs1. The van der Waals surface area contributed by atoms with E-state index < -0.39 is 5.60 Å². The van der Waals surface area contributed by atoms with Crippen LogP contribution in [-0.4, -0.2) is 71.8 Å². The zero-order valence-electron chi connectivity index (χ0n) is 18.0. The molecule has 1 aromatic carbocycles. The van der Waals surface area contributed by atoms with Crippen LogP contribution in [0.2, 0.25) is 0 Å². The van der Waals surface area contributed by atoms with Gasteiger partial charge in [0.2, 0.25) is 0 Å². The molecule has 1 amide bonds. The van der Waals surface area contributed by atoms with Crippen LogP contribution in [0.1, 0.15) is 36.4 Å². The highest BCUT2D eigenvalue weighted by atomic mass is 32.1. The van der Waals surface area contributed by atoms with E-state index in [4.69, 9.17) is 14.5 Å². The third kappa shape index (κ3) is 5.44. The lowest BCUT2D eigenvalue weighted by molar-refractivity contribution is -0.138. The van der Waals surface area contributed by atoms with E-state index in [1.165, 1.54) is 6.42 Å². The number of ether oxygens (including phenoxy) is 2. The molecule has 168 valence electrons. The minimum Gasteiger partial charge on any atom is -0.484 e.